The van der Waals surface area contributed by atoms with E-state index in [2.05, 4.69) is 9.97 Å². The van der Waals surface area contributed by atoms with Gasteiger partial charge in [-0.25, -0.2) is 13.8 Å². The Kier molecular flexibility index (Phi) is 5.68. The maximum Gasteiger partial charge on any atom is 0.299 e. The molecule has 0 aliphatic rings. The van der Waals surface area contributed by atoms with Crippen molar-refractivity contribution in [2.24, 2.45) is 0 Å². The van der Waals surface area contributed by atoms with Gasteiger partial charge >= 0.3 is 0 Å². The van der Waals surface area contributed by atoms with E-state index in [9.17, 15) is 18.4 Å². The number of ketones is 1. The maximum atomic E-state index is 14.4. The number of Topliss-reactive ketones (excluding diaryl/α,β-unsaturated/α-hetero) is 1. The molecule has 0 radical (unpaired) electrons. The van der Waals surface area contributed by atoms with E-state index in [1.165, 1.54) is 31.5 Å². The van der Waals surface area contributed by atoms with Crippen LogP contribution >= 0.6 is 0 Å². The van der Waals surface area contributed by atoms with Crippen LogP contribution < -0.4 is 9.64 Å². The van der Waals surface area contributed by atoms with Crippen LogP contribution in [-0.4, -0.2) is 28.8 Å². The summed E-state index contributed by atoms with van der Waals surface area (Å²) < 4.78 is 32.9. The number of aromatic amines is 1. The monoisotopic (exact) mass is 435 g/mol. The lowest BCUT2D eigenvalue weighted by Gasteiger charge is -2.23. The van der Waals surface area contributed by atoms with E-state index in [0.29, 0.717) is 11.1 Å². The molecule has 0 aliphatic heterocycles. The van der Waals surface area contributed by atoms with Crippen molar-refractivity contribution in [1.29, 1.82) is 0 Å². The van der Waals surface area contributed by atoms with Gasteiger partial charge in [-0.15, -0.1) is 0 Å². The molecule has 1 amide bonds. The number of aryl methyl sites for hydroxylation is 1. The number of rotatable bonds is 6. The molecule has 2 heterocycles. The first kappa shape index (κ1) is 21.2. The number of pyridine rings is 1. The molecule has 0 saturated carbocycles. The summed E-state index contributed by atoms with van der Waals surface area (Å²) in [6, 6.07) is 13.2. The number of para-hydroxylation sites is 1. The van der Waals surface area contributed by atoms with Crippen LogP contribution in [-0.2, 0) is 11.3 Å². The first-order valence-electron chi connectivity index (χ1n) is 9.76. The summed E-state index contributed by atoms with van der Waals surface area (Å²) in [5.41, 5.74) is 1.86. The second kappa shape index (κ2) is 8.58. The van der Waals surface area contributed by atoms with Gasteiger partial charge in [0.05, 0.1) is 24.9 Å². The number of H-pyrrole nitrogens is 1. The van der Waals surface area contributed by atoms with Crippen molar-refractivity contribution in [3.05, 3.63) is 89.2 Å². The first-order chi connectivity index (χ1) is 15.4. The van der Waals surface area contributed by atoms with E-state index in [1.54, 1.807) is 19.1 Å². The second-order valence-corrected chi connectivity index (χ2v) is 7.18. The zero-order valence-electron chi connectivity index (χ0n) is 17.4. The molecule has 8 heteroatoms. The summed E-state index contributed by atoms with van der Waals surface area (Å²) in [5.74, 6) is -2.96. The van der Waals surface area contributed by atoms with Crippen LogP contribution in [0.3, 0.4) is 0 Å². The number of benzene rings is 2. The molecule has 0 aliphatic carbocycles. The van der Waals surface area contributed by atoms with Gasteiger partial charge in [0.2, 0.25) is 5.88 Å². The maximum absolute atomic E-state index is 14.4. The molecule has 4 aromatic rings. The zero-order valence-corrected chi connectivity index (χ0v) is 17.4. The molecular formula is C24H19F2N3O3. The minimum absolute atomic E-state index is 0.0546. The topological polar surface area (TPSA) is 75.3 Å². The number of amides is 1. The average molecular weight is 435 g/mol. The molecular weight excluding hydrogens is 416 g/mol. The Morgan fingerprint density at radius 1 is 1.09 bits per heavy atom. The van der Waals surface area contributed by atoms with Gasteiger partial charge in [-0.2, -0.15) is 0 Å². The fourth-order valence-corrected chi connectivity index (χ4v) is 3.58. The highest BCUT2D eigenvalue weighted by atomic mass is 19.1. The summed E-state index contributed by atoms with van der Waals surface area (Å²) >= 11 is 0. The van der Waals surface area contributed by atoms with Gasteiger partial charge in [0, 0.05) is 40.5 Å². The Hall–Kier alpha value is -4.07. The predicted octanol–water partition coefficient (Wildman–Crippen LogP) is 4.57. The number of methoxy groups -OCH3 is 1. The van der Waals surface area contributed by atoms with Gasteiger partial charge in [0.25, 0.3) is 11.7 Å². The number of anilines is 1. The molecule has 162 valence electrons. The normalized spacial score (nSPS) is 10.9. The fourth-order valence-electron chi connectivity index (χ4n) is 3.58. The van der Waals surface area contributed by atoms with Gasteiger partial charge in [-0.3, -0.25) is 9.59 Å². The number of aromatic nitrogens is 2. The molecule has 6 nitrogen and oxygen atoms in total. The molecule has 0 atom stereocenters. The highest BCUT2D eigenvalue weighted by molar-refractivity contribution is 6.49. The molecule has 1 N–H and O–H groups in total. The highest BCUT2D eigenvalue weighted by Gasteiger charge is 2.29. The Morgan fingerprint density at radius 3 is 2.62 bits per heavy atom. The molecule has 0 fully saturated rings. The third-order valence-corrected chi connectivity index (χ3v) is 5.14. The average Bonchev–Trinajstić information content (AvgIpc) is 3.13. The number of ether oxygens (including phenoxy) is 1. The van der Waals surface area contributed by atoms with Crippen molar-refractivity contribution in [2.75, 3.05) is 12.0 Å². The van der Waals surface area contributed by atoms with Crippen LogP contribution in [0.4, 0.5) is 14.5 Å². The van der Waals surface area contributed by atoms with Crippen LogP contribution in [0.25, 0.3) is 10.9 Å². The number of nitrogens with zero attached hydrogens (tertiary/aromatic N) is 2. The number of hydrogen-bond acceptors (Lipinski definition) is 4. The van der Waals surface area contributed by atoms with Crippen molar-refractivity contribution in [3.8, 4) is 5.88 Å². The molecule has 0 unspecified atom stereocenters. The van der Waals surface area contributed by atoms with Crippen molar-refractivity contribution >= 4 is 28.3 Å². The second-order valence-electron chi connectivity index (χ2n) is 7.18. The lowest BCUT2D eigenvalue weighted by atomic mass is 10.0. The third kappa shape index (κ3) is 3.94. The molecule has 4 rings (SSSR count). The van der Waals surface area contributed by atoms with Crippen molar-refractivity contribution in [3.63, 3.8) is 0 Å². The number of carbonyl (C=O) groups excluding carboxylic acids is 2. The van der Waals surface area contributed by atoms with Gasteiger partial charge < -0.3 is 14.6 Å². The number of halogens is 2. The minimum Gasteiger partial charge on any atom is -0.481 e. The molecule has 0 saturated heterocycles. The van der Waals surface area contributed by atoms with E-state index in [4.69, 9.17) is 4.74 Å². The lowest BCUT2D eigenvalue weighted by molar-refractivity contribution is -0.114. The number of carbonyl (C=O) groups is 2. The first-order valence-corrected chi connectivity index (χ1v) is 9.76. The van der Waals surface area contributed by atoms with Crippen LogP contribution in [0.5, 0.6) is 5.88 Å². The Labute approximate surface area is 182 Å². The molecule has 2 aromatic carbocycles. The Balaban J connectivity index is 1.78. The van der Waals surface area contributed by atoms with E-state index >= 15 is 0 Å². The van der Waals surface area contributed by atoms with Crippen molar-refractivity contribution in [1.82, 2.24) is 9.97 Å². The van der Waals surface area contributed by atoms with Gasteiger partial charge in [-0.05, 0) is 25.1 Å². The van der Waals surface area contributed by atoms with Crippen LogP contribution in [0, 0.1) is 18.6 Å². The van der Waals surface area contributed by atoms with Crippen LogP contribution in [0.15, 0.2) is 60.8 Å². The standard InChI is InChI=1S/C24H19F2N3O3/c1-14-22(18-5-3-4-6-20(18)28-14)23(30)24(31)29(17-9-10-27-21(12-17)32-2)13-15-7-8-16(25)11-19(15)26/h3-12,28H,13H2,1-2H3. The molecule has 0 spiro atoms. The quantitative estimate of drug-likeness (QED) is 0.356. The number of hydrogen-bond donors (Lipinski definition) is 1. The number of fused-ring (bicyclic) bond motifs is 1. The number of nitrogens with one attached hydrogen (secondary N) is 1. The summed E-state index contributed by atoms with van der Waals surface area (Å²) in [7, 11) is 1.42. The minimum atomic E-state index is -0.866. The summed E-state index contributed by atoms with van der Waals surface area (Å²) in [5, 5.41) is 0.614. The highest BCUT2D eigenvalue weighted by Crippen LogP contribution is 2.27. The summed E-state index contributed by atoms with van der Waals surface area (Å²) in [6.07, 6.45) is 1.41. The Bertz CT molecular complexity index is 1330. The smallest absolute Gasteiger partial charge is 0.299 e. The van der Waals surface area contributed by atoms with Crippen molar-refractivity contribution in [2.45, 2.75) is 13.5 Å². The lowest BCUT2D eigenvalue weighted by Crippen LogP contribution is -2.36. The van der Waals surface area contributed by atoms with Gasteiger partial charge in [0.1, 0.15) is 11.6 Å². The van der Waals surface area contributed by atoms with Gasteiger partial charge in [-0.1, -0.05) is 24.3 Å². The zero-order chi connectivity index (χ0) is 22.8. The van der Waals surface area contributed by atoms with E-state index in [-0.39, 0.29) is 29.2 Å². The van der Waals surface area contributed by atoms with E-state index in [1.807, 2.05) is 12.1 Å². The van der Waals surface area contributed by atoms with Crippen LogP contribution in [0.2, 0.25) is 0 Å². The summed E-state index contributed by atoms with van der Waals surface area (Å²) in [4.78, 5) is 35.0. The molecule has 2 aromatic heterocycles. The third-order valence-electron chi connectivity index (χ3n) is 5.14. The SMILES string of the molecule is COc1cc(N(Cc2ccc(F)cc2F)C(=O)C(=O)c2c(C)[nH]c3ccccc23)ccn1. The molecule has 0 bridgehead atoms. The van der Waals surface area contributed by atoms with Crippen LogP contribution in [0.1, 0.15) is 21.6 Å². The Morgan fingerprint density at radius 2 is 1.88 bits per heavy atom. The predicted molar refractivity (Wildman–Crippen MR) is 116 cm³/mol. The molecule has 32 heavy (non-hydrogen) atoms. The van der Waals surface area contributed by atoms with E-state index < -0.39 is 23.3 Å². The largest absolute Gasteiger partial charge is 0.481 e. The van der Waals surface area contributed by atoms with Crippen molar-refractivity contribution < 1.29 is 23.1 Å². The van der Waals surface area contributed by atoms with E-state index in [0.717, 1.165) is 22.5 Å². The summed E-state index contributed by atoms with van der Waals surface area (Å²) in [6.45, 7) is 1.42. The fraction of sp³-hybridized carbons (Fsp3) is 0.125. The van der Waals surface area contributed by atoms with Gasteiger partial charge in [0.15, 0.2) is 0 Å².